The van der Waals surface area contributed by atoms with E-state index in [1.165, 1.54) is 6.07 Å². The molecule has 2 aliphatic rings. The molecule has 0 unspecified atom stereocenters. The van der Waals surface area contributed by atoms with Gasteiger partial charge in [0.25, 0.3) is 5.91 Å². The Morgan fingerprint density at radius 1 is 1.16 bits per heavy atom. The number of anilines is 1. The minimum absolute atomic E-state index is 0.0174. The van der Waals surface area contributed by atoms with Crippen molar-refractivity contribution < 1.29 is 27.6 Å². The summed E-state index contributed by atoms with van der Waals surface area (Å²) >= 11 is 2.53. The first-order chi connectivity index (χ1) is 18.0. The van der Waals surface area contributed by atoms with Crippen LogP contribution in [-0.2, 0) is 6.18 Å². The maximum absolute atomic E-state index is 13.7. The van der Waals surface area contributed by atoms with E-state index in [1.807, 2.05) is 25.1 Å². The summed E-state index contributed by atoms with van der Waals surface area (Å²) in [6, 6.07) is 7.39. The van der Waals surface area contributed by atoms with Crippen LogP contribution in [0.4, 0.5) is 23.0 Å². The first kappa shape index (κ1) is 26.5. The molecule has 1 fully saturated rings. The second-order valence-corrected chi connectivity index (χ2v) is 12.0. The highest BCUT2D eigenvalue weighted by atomic mass is 32.2. The fraction of sp³-hybridized carbons (Fsp3) is 0.385. The van der Waals surface area contributed by atoms with Gasteiger partial charge in [0, 0.05) is 46.6 Å². The van der Waals surface area contributed by atoms with Crippen LogP contribution in [0.15, 0.2) is 35.2 Å². The number of amides is 3. The number of rotatable bonds is 3. The lowest BCUT2D eigenvalue weighted by atomic mass is 9.87. The number of hydrogen-bond donors (Lipinski definition) is 2. The molecule has 12 heteroatoms. The number of ketones is 1. The third-order valence-electron chi connectivity index (χ3n) is 6.83. The minimum atomic E-state index is -4.64. The van der Waals surface area contributed by atoms with Gasteiger partial charge in [-0.1, -0.05) is 23.0 Å². The van der Waals surface area contributed by atoms with Crippen LogP contribution in [0.25, 0.3) is 10.2 Å². The Labute approximate surface area is 225 Å². The number of nitrogens with zero attached hydrogens (tertiary/aromatic N) is 2. The van der Waals surface area contributed by atoms with E-state index < -0.39 is 17.9 Å². The molecule has 4 heterocycles. The second kappa shape index (κ2) is 9.88. The minimum Gasteiger partial charge on any atom is -0.338 e. The van der Waals surface area contributed by atoms with Gasteiger partial charge in [-0.05, 0) is 51.0 Å². The maximum atomic E-state index is 13.7. The molecule has 2 N–H and O–H groups in total. The number of likely N-dealkylation sites (tertiary alicyclic amines) is 1. The molecule has 1 saturated heterocycles. The van der Waals surface area contributed by atoms with Crippen LogP contribution in [0.3, 0.4) is 0 Å². The number of carbonyl (C=O) groups is 3. The summed E-state index contributed by atoms with van der Waals surface area (Å²) in [6.07, 6.45) is -3.05. The smallest absolute Gasteiger partial charge is 0.338 e. The Morgan fingerprint density at radius 3 is 2.58 bits per heavy atom. The summed E-state index contributed by atoms with van der Waals surface area (Å²) in [4.78, 5) is 45.2. The second-order valence-electron chi connectivity index (χ2n) is 9.51. The highest BCUT2D eigenvalue weighted by Gasteiger charge is 2.43. The Kier molecular flexibility index (Phi) is 6.89. The van der Waals surface area contributed by atoms with E-state index >= 15 is 0 Å². The van der Waals surface area contributed by atoms with Crippen molar-refractivity contribution in [2.24, 2.45) is 0 Å². The number of nitrogens with one attached hydrogen (secondary N) is 2. The van der Waals surface area contributed by atoms with Gasteiger partial charge in [-0.25, -0.2) is 9.78 Å². The molecule has 3 aromatic rings. The number of Topliss-reactive ketones (excluding diaryl/α,β-unsaturated/α-hetero) is 1. The highest BCUT2D eigenvalue weighted by Crippen LogP contribution is 2.49. The SMILES string of the molecule is CCNC(=O)Nc1sc2nc(C(F)(F)F)ccc2c1C(=O)N1CCC2(CC1)CC(=O)c1cc(C)ccc1S2. The molecular weight excluding hydrogens is 537 g/mol. The van der Waals surface area contributed by atoms with Gasteiger partial charge in [0.1, 0.15) is 15.5 Å². The lowest BCUT2D eigenvalue weighted by molar-refractivity contribution is -0.140. The number of aryl methyl sites for hydroxylation is 1. The third-order valence-corrected chi connectivity index (χ3v) is 9.41. The number of pyridine rings is 1. The fourth-order valence-corrected chi connectivity index (χ4v) is 7.44. The molecule has 1 spiro atoms. The Morgan fingerprint density at radius 2 is 1.89 bits per heavy atom. The number of thiophene rings is 1. The number of halogens is 3. The predicted octanol–water partition coefficient (Wildman–Crippen LogP) is 6.12. The van der Waals surface area contributed by atoms with Gasteiger partial charge in [0.05, 0.1) is 5.56 Å². The molecule has 3 amide bonds. The zero-order valence-electron chi connectivity index (χ0n) is 20.7. The summed E-state index contributed by atoms with van der Waals surface area (Å²) in [5, 5.41) is 5.58. The monoisotopic (exact) mass is 562 g/mol. The molecule has 38 heavy (non-hydrogen) atoms. The van der Waals surface area contributed by atoms with Crippen LogP contribution < -0.4 is 10.6 Å². The fourth-order valence-electron chi connectivity index (χ4n) is 4.91. The van der Waals surface area contributed by atoms with Crippen LogP contribution in [0, 0.1) is 6.92 Å². The van der Waals surface area contributed by atoms with Crippen molar-refractivity contribution in [3.63, 3.8) is 0 Å². The predicted molar refractivity (Wildman–Crippen MR) is 141 cm³/mol. The third kappa shape index (κ3) is 4.98. The Balaban J connectivity index is 1.41. The molecule has 0 radical (unpaired) electrons. The molecule has 0 aliphatic carbocycles. The number of carbonyl (C=O) groups excluding carboxylic acids is 3. The topological polar surface area (TPSA) is 91.4 Å². The van der Waals surface area contributed by atoms with Gasteiger partial charge in [0.15, 0.2) is 5.78 Å². The van der Waals surface area contributed by atoms with Gasteiger partial charge in [0.2, 0.25) is 0 Å². The van der Waals surface area contributed by atoms with Gasteiger partial charge in [-0.3, -0.25) is 14.9 Å². The summed E-state index contributed by atoms with van der Waals surface area (Å²) in [6.45, 7) is 4.78. The Hall–Kier alpha value is -3.12. The summed E-state index contributed by atoms with van der Waals surface area (Å²) in [7, 11) is 0. The summed E-state index contributed by atoms with van der Waals surface area (Å²) < 4.78 is 39.5. The van der Waals surface area contributed by atoms with E-state index in [-0.39, 0.29) is 37.2 Å². The number of piperidine rings is 1. The van der Waals surface area contributed by atoms with Gasteiger partial charge < -0.3 is 10.2 Å². The molecule has 0 atom stereocenters. The van der Waals surface area contributed by atoms with E-state index in [1.54, 1.807) is 23.6 Å². The average Bonchev–Trinajstić information content (AvgIpc) is 3.21. The first-order valence-corrected chi connectivity index (χ1v) is 13.8. The molecule has 7 nitrogen and oxygen atoms in total. The van der Waals surface area contributed by atoms with Crippen LogP contribution in [-0.4, -0.2) is 52.0 Å². The van der Waals surface area contributed by atoms with Crippen LogP contribution >= 0.6 is 23.1 Å². The lowest BCUT2D eigenvalue weighted by Crippen LogP contribution is -2.47. The molecule has 2 aromatic heterocycles. The van der Waals surface area contributed by atoms with Crippen LogP contribution in [0.2, 0.25) is 0 Å². The number of thioether (sulfide) groups is 1. The summed E-state index contributed by atoms with van der Waals surface area (Å²) in [5.41, 5.74) is 0.840. The molecule has 0 saturated carbocycles. The van der Waals surface area contributed by atoms with Gasteiger partial charge >= 0.3 is 12.2 Å². The van der Waals surface area contributed by atoms with Crippen molar-refractivity contribution >= 4 is 56.0 Å². The van der Waals surface area contributed by atoms with E-state index in [0.717, 1.165) is 33.4 Å². The zero-order chi connectivity index (χ0) is 27.2. The molecule has 1 aromatic carbocycles. The van der Waals surface area contributed by atoms with Crippen molar-refractivity contribution in [1.29, 1.82) is 0 Å². The van der Waals surface area contributed by atoms with Gasteiger partial charge in [-0.15, -0.1) is 11.8 Å². The van der Waals surface area contributed by atoms with Crippen molar-refractivity contribution in [2.75, 3.05) is 25.0 Å². The van der Waals surface area contributed by atoms with Gasteiger partial charge in [-0.2, -0.15) is 13.2 Å². The molecule has 2 aliphatic heterocycles. The van der Waals surface area contributed by atoms with Crippen LogP contribution in [0.5, 0.6) is 0 Å². The molecule has 5 rings (SSSR count). The zero-order valence-corrected chi connectivity index (χ0v) is 22.3. The van der Waals surface area contributed by atoms with Crippen molar-refractivity contribution in [3.05, 3.63) is 52.7 Å². The van der Waals surface area contributed by atoms with E-state index in [9.17, 15) is 27.6 Å². The molecule has 0 bridgehead atoms. The number of fused-ring (bicyclic) bond motifs is 2. The number of alkyl halides is 3. The Bertz CT molecular complexity index is 1450. The first-order valence-electron chi connectivity index (χ1n) is 12.2. The summed E-state index contributed by atoms with van der Waals surface area (Å²) in [5.74, 6) is -0.284. The average molecular weight is 563 g/mol. The highest BCUT2D eigenvalue weighted by molar-refractivity contribution is 8.01. The van der Waals surface area contributed by atoms with E-state index in [2.05, 4.69) is 15.6 Å². The lowest BCUT2D eigenvalue weighted by Gasteiger charge is -2.43. The van der Waals surface area contributed by atoms with Crippen LogP contribution in [0.1, 0.15) is 58.2 Å². The van der Waals surface area contributed by atoms with E-state index in [4.69, 9.17) is 0 Å². The number of aromatic nitrogens is 1. The quantitative estimate of drug-likeness (QED) is 0.402. The van der Waals surface area contributed by atoms with Crippen molar-refractivity contribution in [3.8, 4) is 0 Å². The van der Waals surface area contributed by atoms with Crippen molar-refractivity contribution in [1.82, 2.24) is 15.2 Å². The number of benzene rings is 1. The van der Waals surface area contributed by atoms with E-state index in [0.29, 0.717) is 38.9 Å². The van der Waals surface area contributed by atoms with Crippen molar-refractivity contribution in [2.45, 2.75) is 48.9 Å². The standard InChI is InChI=1S/C26H25F3N4O3S2/c1-3-30-24(36)32-22-20(15-5-7-19(26(27,28)29)31-21(15)37-22)23(35)33-10-8-25(9-11-33)13-17(34)16-12-14(2)4-6-18(16)38-25/h4-7,12H,3,8-11,13H2,1-2H3,(H2,30,32,36). The number of urea groups is 1. The largest absolute Gasteiger partial charge is 0.433 e. The maximum Gasteiger partial charge on any atom is 0.433 e. The number of hydrogen-bond acceptors (Lipinski definition) is 6. The molecule has 200 valence electrons. The molecular formula is C26H25F3N4O3S2. The normalized spacial score (nSPS) is 17.0.